The van der Waals surface area contributed by atoms with Crippen molar-refractivity contribution < 1.29 is 0 Å². The normalized spacial score (nSPS) is 15.4. The minimum atomic E-state index is 0.498. The summed E-state index contributed by atoms with van der Waals surface area (Å²) in [5.41, 5.74) is 9.15. The molecule has 1 aromatic heterocycles. The van der Waals surface area contributed by atoms with Crippen molar-refractivity contribution in [1.29, 1.82) is 0 Å². The molecule has 2 N–H and O–H groups in total. The van der Waals surface area contributed by atoms with Gasteiger partial charge < -0.3 is 15.5 Å². The highest BCUT2D eigenvalue weighted by Gasteiger charge is 2.17. The fourth-order valence-electron chi connectivity index (χ4n) is 2.64. The van der Waals surface area contributed by atoms with Crippen molar-refractivity contribution in [2.75, 3.05) is 36.0 Å². The number of anilines is 2. The van der Waals surface area contributed by atoms with Crippen LogP contribution in [0.1, 0.15) is 5.69 Å². The maximum atomic E-state index is 5.66. The van der Waals surface area contributed by atoms with E-state index in [9.17, 15) is 0 Å². The Hall–Kier alpha value is -2.07. The van der Waals surface area contributed by atoms with E-state index in [1.165, 1.54) is 11.4 Å². The Kier molecular flexibility index (Phi) is 3.83. The van der Waals surface area contributed by atoms with Crippen LogP contribution in [-0.4, -0.2) is 31.2 Å². The lowest BCUT2D eigenvalue weighted by molar-refractivity contribution is 0.653. The van der Waals surface area contributed by atoms with Crippen LogP contribution < -0.4 is 15.5 Å². The van der Waals surface area contributed by atoms with Crippen molar-refractivity contribution in [2.45, 2.75) is 6.54 Å². The van der Waals surface area contributed by atoms with E-state index in [2.05, 4.69) is 57.2 Å². The van der Waals surface area contributed by atoms with Crippen LogP contribution in [0.25, 0.3) is 0 Å². The van der Waals surface area contributed by atoms with E-state index in [4.69, 9.17) is 5.73 Å². The highest BCUT2D eigenvalue weighted by molar-refractivity contribution is 5.51. The lowest BCUT2D eigenvalue weighted by Gasteiger charge is -2.37. The molecular formula is C16H20N4. The number of nitrogens with two attached hydrogens (primary N) is 1. The molecule has 0 spiro atoms. The molecule has 20 heavy (non-hydrogen) atoms. The quantitative estimate of drug-likeness (QED) is 0.923. The molecule has 1 aliphatic rings. The van der Waals surface area contributed by atoms with Gasteiger partial charge in [-0.25, -0.2) is 0 Å². The van der Waals surface area contributed by atoms with Crippen molar-refractivity contribution in [3.05, 3.63) is 54.4 Å². The van der Waals surface area contributed by atoms with Gasteiger partial charge in [-0.3, -0.25) is 4.98 Å². The third kappa shape index (κ3) is 2.75. The monoisotopic (exact) mass is 268 g/mol. The second kappa shape index (κ2) is 5.92. The first-order chi connectivity index (χ1) is 9.86. The average molecular weight is 268 g/mol. The molecule has 0 bridgehead atoms. The molecule has 0 aliphatic carbocycles. The minimum absolute atomic E-state index is 0.498. The first-order valence-electron chi connectivity index (χ1n) is 7.07. The first-order valence-corrected chi connectivity index (χ1v) is 7.07. The Morgan fingerprint density at radius 1 is 0.900 bits per heavy atom. The van der Waals surface area contributed by atoms with Crippen LogP contribution in [0.5, 0.6) is 0 Å². The van der Waals surface area contributed by atoms with Gasteiger partial charge in [-0.15, -0.1) is 0 Å². The van der Waals surface area contributed by atoms with Crippen molar-refractivity contribution in [1.82, 2.24) is 4.98 Å². The number of para-hydroxylation sites is 1. The Morgan fingerprint density at radius 3 is 2.20 bits per heavy atom. The molecular weight excluding hydrogens is 248 g/mol. The van der Waals surface area contributed by atoms with Gasteiger partial charge in [0.25, 0.3) is 0 Å². The molecule has 0 amide bonds. The van der Waals surface area contributed by atoms with E-state index in [-0.39, 0.29) is 0 Å². The summed E-state index contributed by atoms with van der Waals surface area (Å²) in [5.74, 6) is 0. The Morgan fingerprint density at radius 2 is 1.55 bits per heavy atom. The molecule has 0 radical (unpaired) electrons. The summed E-state index contributed by atoms with van der Waals surface area (Å²) >= 11 is 0. The van der Waals surface area contributed by atoms with Crippen LogP contribution in [0.3, 0.4) is 0 Å². The summed E-state index contributed by atoms with van der Waals surface area (Å²) in [6, 6.07) is 14.8. The number of rotatable bonds is 3. The second-order valence-corrected chi connectivity index (χ2v) is 5.02. The number of pyridine rings is 1. The van der Waals surface area contributed by atoms with Gasteiger partial charge in [0.15, 0.2) is 0 Å². The molecule has 1 aliphatic heterocycles. The number of benzene rings is 1. The molecule has 1 aromatic carbocycles. The average Bonchev–Trinajstić information content (AvgIpc) is 2.56. The largest absolute Gasteiger partial charge is 0.368 e. The molecule has 3 rings (SSSR count). The van der Waals surface area contributed by atoms with E-state index >= 15 is 0 Å². The molecule has 1 fully saturated rings. The van der Waals surface area contributed by atoms with Crippen LogP contribution in [0, 0.1) is 0 Å². The van der Waals surface area contributed by atoms with Gasteiger partial charge in [0.1, 0.15) is 0 Å². The van der Waals surface area contributed by atoms with Crippen molar-refractivity contribution in [3.8, 4) is 0 Å². The van der Waals surface area contributed by atoms with Crippen LogP contribution in [0.15, 0.2) is 48.7 Å². The van der Waals surface area contributed by atoms with Gasteiger partial charge in [0.05, 0.1) is 5.69 Å². The number of nitrogens with zero attached hydrogens (tertiary/aromatic N) is 3. The summed E-state index contributed by atoms with van der Waals surface area (Å²) in [5, 5.41) is 0. The third-order valence-corrected chi connectivity index (χ3v) is 3.78. The highest BCUT2D eigenvalue weighted by atomic mass is 15.3. The van der Waals surface area contributed by atoms with Gasteiger partial charge in [-0.2, -0.15) is 0 Å². The molecule has 0 atom stereocenters. The van der Waals surface area contributed by atoms with E-state index < -0.39 is 0 Å². The van der Waals surface area contributed by atoms with Crippen molar-refractivity contribution >= 4 is 11.4 Å². The van der Waals surface area contributed by atoms with Crippen LogP contribution in [0.2, 0.25) is 0 Å². The SMILES string of the molecule is NCc1cc(N2CCN(c3ccccc3)CC2)ccn1. The Labute approximate surface area is 119 Å². The summed E-state index contributed by atoms with van der Waals surface area (Å²) in [7, 11) is 0. The maximum Gasteiger partial charge on any atom is 0.0560 e. The first kappa shape index (κ1) is 12.9. The summed E-state index contributed by atoms with van der Waals surface area (Å²) in [6.45, 7) is 4.65. The fraction of sp³-hybridized carbons (Fsp3) is 0.312. The fourth-order valence-corrected chi connectivity index (χ4v) is 2.64. The van der Waals surface area contributed by atoms with Crippen LogP contribution >= 0.6 is 0 Å². The standard InChI is InChI=1S/C16H20N4/c17-13-14-12-16(6-7-18-14)20-10-8-19(9-11-20)15-4-2-1-3-5-15/h1-7,12H,8-11,13,17H2. The zero-order valence-corrected chi connectivity index (χ0v) is 11.6. The third-order valence-electron chi connectivity index (χ3n) is 3.78. The van der Waals surface area contributed by atoms with Gasteiger partial charge in [0.2, 0.25) is 0 Å². The number of aromatic nitrogens is 1. The lowest BCUT2D eigenvalue weighted by atomic mass is 10.2. The van der Waals surface area contributed by atoms with Gasteiger partial charge in [-0.1, -0.05) is 18.2 Å². The summed E-state index contributed by atoms with van der Waals surface area (Å²) in [6.07, 6.45) is 1.85. The van der Waals surface area contributed by atoms with Gasteiger partial charge in [0, 0.05) is 50.3 Å². The molecule has 2 heterocycles. The molecule has 1 saturated heterocycles. The van der Waals surface area contributed by atoms with E-state index in [1.807, 2.05) is 6.20 Å². The smallest absolute Gasteiger partial charge is 0.0560 e. The Balaban J connectivity index is 1.66. The molecule has 2 aromatic rings. The Bertz CT molecular complexity index is 547. The number of hydrogen-bond donors (Lipinski definition) is 1. The minimum Gasteiger partial charge on any atom is -0.368 e. The topological polar surface area (TPSA) is 45.4 Å². The van der Waals surface area contributed by atoms with Crippen LogP contribution in [0.4, 0.5) is 11.4 Å². The number of piperazine rings is 1. The van der Waals surface area contributed by atoms with Crippen LogP contribution in [-0.2, 0) is 6.54 Å². The molecule has 104 valence electrons. The predicted octanol–water partition coefficient (Wildman–Crippen LogP) is 1.87. The van der Waals surface area contributed by atoms with Gasteiger partial charge >= 0.3 is 0 Å². The molecule has 4 nitrogen and oxygen atoms in total. The highest BCUT2D eigenvalue weighted by Crippen LogP contribution is 2.20. The molecule has 0 saturated carbocycles. The summed E-state index contributed by atoms with van der Waals surface area (Å²) < 4.78 is 0. The lowest BCUT2D eigenvalue weighted by Crippen LogP contribution is -2.46. The van der Waals surface area contributed by atoms with E-state index in [0.717, 1.165) is 31.9 Å². The summed E-state index contributed by atoms with van der Waals surface area (Å²) in [4.78, 5) is 9.09. The maximum absolute atomic E-state index is 5.66. The second-order valence-electron chi connectivity index (χ2n) is 5.02. The number of hydrogen-bond acceptors (Lipinski definition) is 4. The zero-order chi connectivity index (χ0) is 13.8. The van der Waals surface area contributed by atoms with Crippen molar-refractivity contribution in [2.24, 2.45) is 5.73 Å². The van der Waals surface area contributed by atoms with E-state index in [1.54, 1.807) is 0 Å². The molecule has 4 heteroatoms. The van der Waals surface area contributed by atoms with Gasteiger partial charge in [-0.05, 0) is 24.3 Å². The predicted molar refractivity (Wildman–Crippen MR) is 83.0 cm³/mol. The molecule has 0 unspecified atom stereocenters. The van der Waals surface area contributed by atoms with E-state index in [0.29, 0.717) is 6.54 Å². The van der Waals surface area contributed by atoms with Crippen molar-refractivity contribution in [3.63, 3.8) is 0 Å². The zero-order valence-electron chi connectivity index (χ0n) is 11.6.